The first-order valence-electron chi connectivity index (χ1n) is 7.00. The van der Waals surface area contributed by atoms with Crippen LogP contribution < -0.4 is 5.32 Å². The van der Waals surface area contributed by atoms with Gasteiger partial charge in [-0.15, -0.1) is 0 Å². The maximum absolute atomic E-state index is 12.3. The number of amides is 1. The lowest BCUT2D eigenvalue weighted by Crippen LogP contribution is -2.20. The molecule has 1 fully saturated rings. The molecule has 0 spiro atoms. The number of hydrogen-bond acceptors (Lipinski definition) is 2. The molecule has 1 heterocycles. The molecule has 1 aliphatic heterocycles. The Morgan fingerprint density at radius 1 is 1.33 bits per heavy atom. The van der Waals surface area contributed by atoms with Crippen LogP contribution in [0.2, 0.25) is 0 Å². The van der Waals surface area contributed by atoms with E-state index < -0.39 is 12.6 Å². The molecule has 1 atom stereocenters. The van der Waals surface area contributed by atoms with E-state index in [4.69, 9.17) is 4.74 Å². The van der Waals surface area contributed by atoms with Gasteiger partial charge in [-0.25, -0.2) is 0 Å². The van der Waals surface area contributed by atoms with Crippen LogP contribution in [-0.2, 0) is 16.0 Å². The van der Waals surface area contributed by atoms with Gasteiger partial charge in [0.1, 0.15) is 0 Å². The summed E-state index contributed by atoms with van der Waals surface area (Å²) in [4.78, 5) is 11.9. The summed E-state index contributed by atoms with van der Waals surface area (Å²) in [6.07, 6.45) is -3.27. The number of halogens is 3. The van der Waals surface area contributed by atoms with Crippen LogP contribution in [-0.4, -0.2) is 24.8 Å². The molecule has 3 nitrogen and oxygen atoms in total. The molecule has 1 aliphatic rings. The van der Waals surface area contributed by atoms with E-state index in [-0.39, 0.29) is 24.9 Å². The summed E-state index contributed by atoms with van der Waals surface area (Å²) in [6, 6.07) is 6.59. The molecule has 1 saturated heterocycles. The van der Waals surface area contributed by atoms with Crippen molar-refractivity contribution in [3.05, 3.63) is 29.8 Å². The Bertz CT molecular complexity index is 482. The molecule has 1 unspecified atom stereocenters. The lowest BCUT2D eigenvalue weighted by molar-refractivity contribution is -0.133. The molecule has 2 rings (SSSR count). The highest BCUT2D eigenvalue weighted by molar-refractivity contribution is 5.91. The van der Waals surface area contributed by atoms with Gasteiger partial charge in [-0.3, -0.25) is 4.79 Å². The Morgan fingerprint density at radius 3 is 2.76 bits per heavy atom. The first kappa shape index (κ1) is 15.8. The summed E-state index contributed by atoms with van der Waals surface area (Å²) >= 11 is 0. The van der Waals surface area contributed by atoms with Gasteiger partial charge in [0.15, 0.2) is 0 Å². The molecule has 116 valence electrons. The number of rotatable bonds is 5. The highest BCUT2D eigenvalue weighted by atomic mass is 19.4. The SMILES string of the molecule is O=C(CC1CCCO1)Nc1ccccc1CCC(F)(F)F. The van der Waals surface area contributed by atoms with Crippen LogP contribution in [0, 0.1) is 0 Å². The summed E-state index contributed by atoms with van der Waals surface area (Å²) in [5.41, 5.74) is 0.945. The van der Waals surface area contributed by atoms with Gasteiger partial charge in [0.05, 0.1) is 12.5 Å². The molecule has 1 aromatic rings. The van der Waals surface area contributed by atoms with E-state index in [1.54, 1.807) is 24.3 Å². The van der Waals surface area contributed by atoms with E-state index in [1.165, 1.54) is 0 Å². The number of ether oxygens (including phenoxy) is 1. The quantitative estimate of drug-likeness (QED) is 0.900. The summed E-state index contributed by atoms with van der Waals surface area (Å²) in [5.74, 6) is -0.221. The van der Waals surface area contributed by atoms with Gasteiger partial charge in [-0.05, 0) is 30.9 Å². The molecule has 0 bridgehead atoms. The molecule has 0 aromatic heterocycles. The van der Waals surface area contributed by atoms with Crippen molar-refractivity contribution < 1.29 is 22.7 Å². The lowest BCUT2D eigenvalue weighted by atomic mass is 10.1. The molecule has 6 heteroatoms. The van der Waals surface area contributed by atoms with Gasteiger partial charge in [0.2, 0.25) is 5.91 Å². The number of carbonyl (C=O) groups is 1. The summed E-state index contributed by atoms with van der Waals surface area (Å²) < 4.78 is 42.3. The van der Waals surface area contributed by atoms with Crippen molar-refractivity contribution in [2.45, 2.75) is 44.4 Å². The Labute approximate surface area is 121 Å². The van der Waals surface area contributed by atoms with Gasteiger partial charge in [0.25, 0.3) is 0 Å². The van der Waals surface area contributed by atoms with Crippen LogP contribution >= 0.6 is 0 Å². The maximum Gasteiger partial charge on any atom is 0.389 e. The Balaban J connectivity index is 1.93. The number of alkyl halides is 3. The smallest absolute Gasteiger partial charge is 0.378 e. The number of benzene rings is 1. The molecular formula is C15H18F3NO2. The van der Waals surface area contributed by atoms with Crippen LogP contribution in [0.5, 0.6) is 0 Å². The van der Waals surface area contributed by atoms with Gasteiger partial charge in [-0.2, -0.15) is 13.2 Å². The standard InChI is InChI=1S/C15H18F3NO2/c16-15(17,18)8-7-11-4-1-2-6-13(11)19-14(20)10-12-5-3-9-21-12/h1-2,4,6,12H,3,5,7-10H2,(H,19,20). The fourth-order valence-electron chi connectivity index (χ4n) is 2.35. The third kappa shape index (κ3) is 5.38. The zero-order valence-electron chi connectivity index (χ0n) is 11.6. The second-order valence-corrected chi connectivity index (χ2v) is 5.16. The van der Waals surface area contributed by atoms with Crippen molar-refractivity contribution in [1.82, 2.24) is 0 Å². The van der Waals surface area contributed by atoms with E-state index in [0.29, 0.717) is 17.9 Å². The third-order valence-electron chi connectivity index (χ3n) is 3.41. The van der Waals surface area contributed by atoms with Gasteiger partial charge in [0, 0.05) is 18.7 Å². The monoisotopic (exact) mass is 301 g/mol. The van der Waals surface area contributed by atoms with Crippen molar-refractivity contribution in [1.29, 1.82) is 0 Å². The average molecular weight is 301 g/mol. The fourth-order valence-corrected chi connectivity index (χ4v) is 2.35. The number of nitrogens with one attached hydrogen (secondary N) is 1. The van der Waals surface area contributed by atoms with Crippen molar-refractivity contribution >= 4 is 11.6 Å². The van der Waals surface area contributed by atoms with Gasteiger partial charge in [-0.1, -0.05) is 18.2 Å². The van der Waals surface area contributed by atoms with E-state index in [1.807, 2.05) is 0 Å². The minimum absolute atomic E-state index is 0.0765. The Morgan fingerprint density at radius 2 is 2.10 bits per heavy atom. The highest BCUT2D eigenvalue weighted by Gasteiger charge is 2.27. The predicted octanol–water partition coefficient (Wildman–Crippen LogP) is 3.69. The zero-order valence-corrected chi connectivity index (χ0v) is 11.6. The van der Waals surface area contributed by atoms with E-state index in [9.17, 15) is 18.0 Å². The summed E-state index contributed by atoms with van der Waals surface area (Å²) in [7, 11) is 0. The second-order valence-electron chi connectivity index (χ2n) is 5.16. The van der Waals surface area contributed by atoms with Gasteiger partial charge >= 0.3 is 6.18 Å². The summed E-state index contributed by atoms with van der Waals surface area (Å²) in [6.45, 7) is 0.667. The Kier molecular flexibility index (Phi) is 5.22. The van der Waals surface area contributed by atoms with Crippen LogP contribution in [0.1, 0.15) is 31.2 Å². The number of hydrogen-bond donors (Lipinski definition) is 1. The highest BCUT2D eigenvalue weighted by Crippen LogP contribution is 2.25. The molecule has 0 aliphatic carbocycles. The Hall–Kier alpha value is -1.56. The topological polar surface area (TPSA) is 38.3 Å². The summed E-state index contributed by atoms with van der Waals surface area (Å²) in [5, 5.41) is 2.69. The fraction of sp³-hybridized carbons (Fsp3) is 0.533. The van der Waals surface area contributed by atoms with Crippen molar-refractivity contribution in [2.75, 3.05) is 11.9 Å². The van der Waals surface area contributed by atoms with Crippen LogP contribution in [0.15, 0.2) is 24.3 Å². The second kappa shape index (κ2) is 6.93. The van der Waals surface area contributed by atoms with Crippen LogP contribution in [0.4, 0.5) is 18.9 Å². The van der Waals surface area contributed by atoms with Crippen LogP contribution in [0.3, 0.4) is 0 Å². The maximum atomic E-state index is 12.3. The van der Waals surface area contributed by atoms with Crippen molar-refractivity contribution in [3.63, 3.8) is 0 Å². The van der Waals surface area contributed by atoms with Crippen molar-refractivity contribution in [2.24, 2.45) is 0 Å². The third-order valence-corrected chi connectivity index (χ3v) is 3.41. The first-order valence-corrected chi connectivity index (χ1v) is 7.00. The predicted molar refractivity (Wildman–Crippen MR) is 73.0 cm³/mol. The number of aryl methyl sites for hydroxylation is 1. The lowest BCUT2D eigenvalue weighted by Gasteiger charge is -2.14. The minimum atomic E-state index is -4.20. The van der Waals surface area contributed by atoms with E-state index in [2.05, 4.69) is 5.32 Å². The van der Waals surface area contributed by atoms with Crippen LogP contribution in [0.25, 0.3) is 0 Å². The molecule has 1 N–H and O–H groups in total. The number of anilines is 1. The minimum Gasteiger partial charge on any atom is -0.378 e. The average Bonchev–Trinajstić information content (AvgIpc) is 2.89. The first-order chi connectivity index (χ1) is 9.94. The van der Waals surface area contributed by atoms with Crippen molar-refractivity contribution in [3.8, 4) is 0 Å². The number of carbonyl (C=O) groups excluding carboxylic acids is 1. The van der Waals surface area contributed by atoms with E-state index in [0.717, 1.165) is 12.8 Å². The molecule has 0 saturated carbocycles. The zero-order chi connectivity index (χ0) is 15.3. The number of para-hydroxylation sites is 1. The molecule has 1 aromatic carbocycles. The largest absolute Gasteiger partial charge is 0.389 e. The normalized spacial score (nSPS) is 18.7. The molecule has 0 radical (unpaired) electrons. The molecule has 21 heavy (non-hydrogen) atoms. The molecular weight excluding hydrogens is 283 g/mol. The van der Waals surface area contributed by atoms with E-state index >= 15 is 0 Å². The molecule has 1 amide bonds. The van der Waals surface area contributed by atoms with Gasteiger partial charge < -0.3 is 10.1 Å².